The van der Waals surface area contributed by atoms with Crippen molar-refractivity contribution in [3.8, 4) is 11.5 Å². The molecule has 1 N–H and O–H groups in total. The number of hydrogen-bond acceptors (Lipinski definition) is 3. The summed E-state index contributed by atoms with van der Waals surface area (Å²) in [5.41, 5.74) is 1.10. The Labute approximate surface area is 152 Å². The summed E-state index contributed by atoms with van der Waals surface area (Å²) in [5.74, 6) is -0.223. The molecule has 0 heterocycles. The van der Waals surface area contributed by atoms with Crippen LogP contribution >= 0.6 is 11.6 Å². The van der Waals surface area contributed by atoms with Crippen LogP contribution in [0, 0.1) is 0 Å². The summed E-state index contributed by atoms with van der Waals surface area (Å²) in [6.07, 6.45) is 5.47. The van der Waals surface area contributed by atoms with Crippen LogP contribution in [0.5, 0.6) is 11.5 Å². The second-order valence-corrected chi connectivity index (χ2v) is 6.65. The molecule has 1 saturated carbocycles. The van der Waals surface area contributed by atoms with Gasteiger partial charge in [0.1, 0.15) is 6.61 Å². The zero-order valence-corrected chi connectivity index (χ0v) is 14.7. The van der Waals surface area contributed by atoms with Crippen LogP contribution < -0.4 is 9.47 Å². The standard InChI is InChI=1S/C20H21ClO4/c21-17-11-15(20(22)23)12-18(25-16-9-5-2-6-10-16)19(17)24-13-14-7-3-1-4-8-14/h1,3-4,7-8,11-12,16H,2,5-6,9-10,13H2,(H,22,23). The highest BCUT2D eigenvalue weighted by atomic mass is 35.5. The lowest BCUT2D eigenvalue weighted by molar-refractivity contribution is 0.0695. The molecule has 0 amide bonds. The van der Waals surface area contributed by atoms with Gasteiger partial charge in [0.25, 0.3) is 0 Å². The van der Waals surface area contributed by atoms with Crippen LogP contribution in [0.3, 0.4) is 0 Å². The fraction of sp³-hybridized carbons (Fsp3) is 0.350. The number of aromatic carboxylic acids is 1. The number of hydrogen-bond donors (Lipinski definition) is 1. The van der Waals surface area contributed by atoms with E-state index in [0.717, 1.165) is 31.2 Å². The molecule has 1 fully saturated rings. The molecule has 0 saturated heterocycles. The molecule has 0 unspecified atom stereocenters. The van der Waals surface area contributed by atoms with E-state index in [1.165, 1.54) is 18.6 Å². The summed E-state index contributed by atoms with van der Waals surface area (Å²) in [4.78, 5) is 11.3. The van der Waals surface area contributed by atoms with Gasteiger partial charge in [-0.05, 0) is 43.4 Å². The summed E-state index contributed by atoms with van der Waals surface area (Å²) in [6, 6.07) is 12.6. The lowest BCUT2D eigenvalue weighted by atomic mass is 9.98. The van der Waals surface area contributed by atoms with Crippen LogP contribution in [0.25, 0.3) is 0 Å². The number of ether oxygens (including phenoxy) is 2. The predicted octanol–water partition coefficient (Wildman–Crippen LogP) is 5.33. The molecule has 0 aliphatic heterocycles. The lowest BCUT2D eigenvalue weighted by Gasteiger charge is -2.25. The number of benzene rings is 2. The summed E-state index contributed by atoms with van der Waals surface area (Å²) >= 11 is 6.29. The van der Waals surface area contributed by atoms with Crippen molar-refractivity contribution in [2.45, 2.75) is 44.8 Å². The number of halogens is 1. The van der Waals surface area contributed by atoms with E-state index in [1.807, 2.05) is 30.3 Å². The third-order valence-corrected chi connectivity index (χ3v) is 4.61. The van der Waals surface area contributed by atoms with Crippen molar-refractivity contribution in [3.05, 3.63) is 58.6 Å². The molecule has 132 valence electrons. The van der Waals surface area contributed by atoms with Crippen LogP contribution in [0.4, 0.5) is 0 Å². The van der Waals surface area contributed by atoms with Gasteiger partial charge < -0.3 is 14.6 Å². The second kappa shape index (κ2) is 8.26. The molecule has 1 aliphatic rings. The van der Waals surface area contributed by atoms with Crippen molar-refractivity contribution in [1.82, 2.24) is 0 Å². The monoisotopic (exact) mass is 360 g/mol. The molecule has 2 aromatic carbocycles. The number of carboxylic acids is 1. The van der Waals surface area contributed by atoms with Gasteiger partial charge >= 0.3 is 5.97 Å². The SMILES string of the molecule is O=C(O)c1cc(Cl)c(OCc2ccccc2)c(OC2CCCCC2)c1. The van der Waals surface area contributed by atoms with Gasteiger partial charge in [-0.2, -0.15) is 0 Å². The van der Waals surface area contributed by atoms with Crippen molar-refractivity contribution >= 4 is 17.6 Å². The quantitative estimate of drug-likeness (QED) is 0.756. The Balaban J connectivity index is 1.84. The zero-order chi connectivity index (χ0) is 17.6. The van der Waals surface area contributed by atoms with Crippen molar-refractivity contribution in [3.63, 3.8) is 0 Å². The first-order valence-electron chi connectivity index (χ1n) is 8.53. The Morgan fingerprint density at radius 2 is 1.84 bits per heavy atom. The van der Waals surface area contributed by atoms with Crippen LogP contribution in [0.15, 0.2) is 42.5 Å². The summed E-state index contributed by atoms with van der Waals surface area (Å²) in [5, 5.41) is 9.53. The molecule has 0 spiro atoms. The van der Waals surface area contributed by atoms with Gasteiger partial charge in [0.15, 0.2) is 11.5 Å². The molecule has 5 heteroatoms. The maximum atomic E-state index is 11.3. The van der Waals surface area contributed by atoms with Crippen LogP contribution in [-0.2, 0) is 6.61 Å². The Hall–Kier alpha value is -2.20. The Morgan fingerprint density at radius 1 is 1.12 bits per heavy atom. The minimum absolute atomic E-state index is 0.0768. The molecular formula is C20H21ClO4. The third-order valence-electron chi connectivity index (χ3n) is 4.33. The maximum Gasteiger partial charge on any atom is 0.335 e. The molecule has 1 aliphatic carbocycles. The molecule has 25 heavy (non-hydrogen) atoms. The van der Waals surface area contributed by atoms with E-state index in [0.29, 0.717) is 18.1 Å². The number of carboxylic acid groups (broad SMARTS) is 1. The average molecular weight is 361 g/mol. The Bertz CT molecular complexity index is 724. The minimum atomic E-state index is -1.04. The minimum Gasteiger partial charge on any atom is -0.486 e. The lowest BCUT2D eigenvalue weighted by Crippen LogP contribution is -2.20. The summed E-state index contributed by atoms with van der Waals surface area (Å²) in [6.45, 7) is 0.341. The van der Waals surface area contributed by atoms with Gasteiger partial charge in [-0.25, -0.2) is 4.79 Å². The Kier molecular flexibility index (Phi) is 5.82. The van der Waals surface area contributed by atoms with Crippen LogP contribution in [0.1, 0.15) is 48.0 Å². The highest BCUT2D eigenvalue weighted by Gasteiger charge is 2.21. The van der Waals surface area contributed by atoms with Crippen molar-refractivity contribution in [1.29, 1.82) is 0 Å². The molecule has 0 aromatic heterocycles. The molecule has 4 nitrogen and oxygen atoms in total. The topological polar surface area (TPSA) is 55.8 Å². The Morgan fingerprint density at radius 3 is 2.52 bits per heavy atom. The van der Waals surface area contributed by atoms with E-state index in [2.05, 4.69) is 0 Å². The molecule has 0 radical (unpaired) electrons. The fourth-order valence-corrected chi connectivity index (χ4v) is 3.28. The number of rotatable bonds is 6. The maximum absolute atomic E-state index is 11.3. The molecule has 0 atom stereocenters. The largest absolute Gasteiger partial charge is 0.486 e. The first-order chi connectivity index (χ1) is 12.1. The van der Waals surface area contributed by atoms with Crippen LogP contribution in [-0.4, -0.2) is 17.2 Å². The van der Waals surface area contributed by atoms with Crippen molar-refractivity contribution in [2.75, 3.05) is 0 Å². The smallest absolute Gasteiger partial charge is 0.335 e. The van der Waals surface area contributed by atoms with Crippen molar-refractivity contribution < 1.29 is 19.4 Å². The first kappa shape index (κ1) is 17.6. The molecular weight excluding hydrogens is 340 g/mol. The van der Waals surface area contributed by atoms with Crippen LogP contribution in [0.2, 0.25) is 5.02 Å². The first-order valence-corrected chi connectivity index (χ1v) is 8.91. The van der Waals surface area contributed by atoms with Gasteiger partial charge in [-0.3, -0.25) is 0 Å². The summed E-state index contributed by atoms with van der Waals surface area (Å²) < 4.78 is 12.0. The third kappa shape index (κ3) is 4.67. The highest BCUT2D eigenvalue weighted by Crippen LogP contribution is 2.39. The number of carbonyl (C=O) groups is 1. The van der Waals surface area contributed by atoms with Gasteiger partial charge in [0.2, 0.25) is 0 Å². The van der Waals surface area contributed by atoms with E-state index in [1.54, 1.807) is 0 Å². The van der Waals surface area contributed by atoms with E-state index >= 15 is 0 Å². The zero-order valence-electron chi connectivity index (χ0n) is 13.9. The van der Waals surface area contributed by atoms with E-state index in [4.69, 9.17) is 21.1 Å². The normalized spacial score (nSPS) is 14.9. The van der Waals surface area contributed by atoms with Gasteiger partial charge in [0.05, 0.1) is 16.7 Å². The van der Waals surface area contributed by atoms with E-state index in [9.17, 15) is 9.90 Å². The summed E-state index contributed by atoms with van der Waals surface area (Å²) in [7, 11) is 0. The molecule has 2 aromatic rings. The second-order valence-electron chi connectivity index (χ2n) is 6.24. The van der Waals surface area contributed by atoms with E-state index in [-0.39, 0.29) is 16.7 Å². The fourth-order valence-electron chi connectivity index (χ4n) is 3.01. The molecule has 0 bridgehead atoms. The van der Waals surface area contributed by atoms with Gasteiger partial charge in [-0.1, -0.05) is 48.4 Å². The van der Waals surface area contributed by atoms with Crippen molar-refractivity contribution in [2.24, 2.45) is 0 Å². The molecule has 3 rings (SSSR count). The van der Waals surface area contributed by atoms with Gasteiger partial charge in [0, 0.05) is 0 Å². The van der Waals surface area contributed by atoms with Gasteiger partial charge in [-0.15, -0.1) is 0 Å². The predicted molar refractivity (Wildman–Crippen MR) is 96.7 cm³/mol. The highest BCUT2D eigenvalue weighted by molar-refractivity contribution is 6.32. The average Bonchev–Trinajstić information content (AvgIpc) is 2.62. The van der Waals surface area contributed by atoms with E-state index < -0.39 is 5.97 Å².